The Bertz CT molecular complexity index is 2290. The van der Waals surface area contributed by atoms with E-state index in [1.807, 2.05) is 0 Å². The summed E-state index contributed by atoms with van der Waals surface area (Å²) in [6.45, 7) is 13.6. The highest BCUT2D eigenvalue weighted by molar-refractivity contribution is 6.10. The van der Waals surface area contributed by atoms with Gasteiger partial charge in [0.2, 0.25) is 0 Å². The number of hydrogen-bond acceptors (Lipinski definition) is 2. The maximum Gasteiger partial charge on any atom is 0.0543 e. The number of fused-ring (bicyclic) bond motifs is 5. The summed E-state index contributed by atoms with van der Waals surface area (Å²) < 4.78 is 0. The molecule has 0 amide bonds. The Morgan fingerprint density at radius 3 is 1.31 bits per heavy atom. The molecular formula is C47H42N2. The molecule has 7 aromatic carbocycles. The van der Waals surface area contributed by atoms with Gasteiger partial charge in [-0.2, -0.15) is 0 Å². The molecule has 0 N–H and O–H groups in total. The van der Waals surface area contributed by atoms with E-state index in [-0.39, 0.29) is 5.41 Å². The summed E-state index contributed by atoms with van der Waals surface area (Å²) in [4.78, 5) is 4.92. The number of hydrogen-bond donors (Lipinski definition) is 0. The SMILES string of the molecule is Cc1ccccc1N(c1ccc2c(c1)C(C)(C)c1cc(N(c3ccccc3C)c3ccccc3C)c3ccccc3c1-2)c1ccccc1C. The Morgan fingerprint density at radius 1 is 0.388 bits per heavy atom. The number of rotatable bonds is 6. The molecule has 8 rings (SSSR count). The monoisotopic (exact) mass is 634 g/mol. The van der Waals surface area contributed by atoms with Crippen molar-refractivity contribution < 1.29 is 0 Å². The first-order chi connectivity index (χ1) is 23.8. The van der Waals surface area contributed by atoms with Gasteiger partial charge in [-0.25, -0.2) is 0 Å². The third-order valence-corrected chi connectivity index (χ3v) is 10.6. The molecule has 7 aromatic rings. The molecule has 0 atom stereocenters. The van der Waals surface area contributed by atoms with Gasteiger partial charge < -0.3 is 9.80 Å². The van der Waals surface area contributed by atoms with Gasteiger partial charge in [-0.05, 0) is 120 Å². The lowest BCUT2D eigenvalue weighted by atomic mass is 9.81. The van der Waals surface area contributed by atoms with Gasteiger partial charge in [-0.3, -0.25) is 0 Å². The van der Waals surface area contributed by atoms with Crippen molar-refractivity contribution in [3.05, 3.63) is 179 Å². The summed E-state index contributed by atoms with van der Waals surface area (Å²) in [6, 6.07) is 53.5. The van der Waals surface area contributed by atoms with Crippen LogP contribution in [0.15, 0.2) is 146 Å². The first-order valence-corrected chi connectivity index (χ1v) is 17.3. The number of anilines is 6. The van der Waals surface area contributed by atoms with E-state index in [4.69, 9.17) is 0 Å². The zero-order valence-electron chi connectivity index (χ0n) is 29.3. The molecule has 2 heteroatoms. The Kier molecular flexibility index (Phi) is 7.41. The summed E-state index contributed by atoms with van der Waals surface area (Å²) in [5.41, 5.74) is 17.3. The Labute approximate surface area is 290 Å². The number of benzene rings is 7. The lowest BCUT2D eigenvalue weighted by Crippen LogP contribution is -2.18. The minimum atomic E-state index is -0.230. The van der Waals surface area contributed by atoms with Gasteiger partial charge in [-0.1, -0.05) is 117 Å². The number of aryl methyl sites for hydroxylation is 4. The van der Waals surface area contributed by atoms with Crippen molar-refractivity contribution in [2.45, 2.75) is 47.0 Å². The first-order valence-electron chi connectivity index (χ1n) is 17.3. The normalized spacial score (nSPS) is 12.9. The van der Waals surface area contributed by atoms with Crippen LogP contribution in [0.1, 0.15) is 47.2 Å². The van der Waals surface area contributed by atoms with Gasteiger partial charge >= 0.3 is 0 Å². The van der Waals surface area contributed by atoms with E-state index in [1.165, 1.54) is 89.4 Å². The molecule has 0 aromatic heterocycles. The van der Waals surface area contributed by atoms with Crippen LogP contribution in [0.2, 0.25) is 0 Å². The van der Waals surface area contributed by atoms with Crippen LogP contribution in [-0.4, -0.2) is 0 Å². The molecule has 0 radical (unpaired) electrons. The second-order valence-electron chi connectivity index (χ2n) is 14.0. The lowest BCUT2D eigenvalue weighted by molar-refractivity contribution is 0.661. The molecule has 0 heterocycles. The van der Waals surface area contributed by atoms with Crippen LogP contribution in [0, 0.1) is 27.7 Å². The second kappa shape index (κ2) is 11.8. The molecule has 0 saturated heterocycles. The van der Waals surface area contributed by atoms with Gasteiger partial charge in [0.15, 0.2) is 0 Å². The van der Waals surface area contributed by atoms with Crippen molar-refractivity contribution in [2.24, 2.45) is 0 Å². The fraction of sp³-hybridized carbons (Fsp3) is 0.149. The minimum absolute atomic E-state index is 0.230. The molecule has 49 heavy (non-hydrogen) atoms. The van der Waals surface area contributed by atoms with Gasteiger partial charge in [0, 0.05) is 39.2 Å². The number of para-hydroxylation sites is 4. The lowest BCUT2D eigenvalue weighted by Gasteiger charge is -2.32. The fourth-order valence-electron chi connectivity index (χ4n) is 7.93. The number of nitrogens with zero attached hydrogens (tertiary/aromatic N) is 2. The van der Waals surface area contributed by atoms with Crippen LogP contribution in [0.25, 0.3) is 21.9 Å². The smallest absolute Gasteiger partial charge is 0.0543 e. The highest BCUT2D eigenvalue weighted by atomic mass is 15.2. The average Bonchev–Trinajstić information content (AvgIpc) is 3.34. The zero-order valence-corrected chi connectivity index (χ0v) is 29.3. The minimum Gasteiger partial charge on any atom is -0.310 e. The van der Waals surface area contributed by atoms with Gasteiger partial charge in [0.25, 0.3) is 0 Å². The molecule has 0 aliphatic heterocycles. The van der Waals surface area contributed by atoms with Crippen LogP contribution in [0.3, 0.4) is 0 Å². The van der Waals surface area contributed by atoms with Gasteiger partial charge in [0.05, 0.1) is 5.69 Å². The first kappa shape index (κ1) is 30.7. The largest absolute Gasteiger partial charge is 0.310 e. The van der Waals surface area contributed by atoms with E-state index in [0.717, 1.165) is 0 Å². The van der Waals surface area contributed by atoms with Gasteiger partial charge in [-0.15, -0.1) is 0 Å². The summed E-state index contributed by atoms with van der Waals surface area (Å²) in [5.74, 6) is 0. The summed E-state index contributed by atoms with van der Waals surface area (Å²) in [5, 5.41) is 2.54. The van der Waals surface area contributed by atoms with E-state index >= 15 is 0 Å². The van der Waals surface area contributed by atoms with Crippen LogP contribution in [0.5, 0.6) is 0 Å². The molecule has 1 aliphatic carbocycles. The highest BCUT2D eigenvalue weighted by Gasteiger charge is 2.38. The molecule has 240 valence electrons. The van der Waals surface area contributed by atoms with Crippen molar-refractivity contribution in [3.8, 4) is 11.1 Å². The van der Waals surface area contributed by atoms with Crippen LogP contribution >= 0.6 is 0 Å². The predicted octanol–water partition coefficient (Wildman–Crippen LogP) is 13.3. The van der Waals surface area contributed by atoms with Gasteiger partial charge in [0.1, 0.15) is 0 Å². The third-order valence-electron chi connectivity index (χ3n) is 10.6. The quantitative estimate of drug-likeness (QED) is 0.180. The summed E-state index contributed by atoms with van der Waals surface area (Å²) in [6.07, 6.45) is 0. The van der Waals surface area contributed by atoms with Crippen molar-refractivity contribution in [1.29, 1.82) is 0 Å². The molecule has 1 aliphatic rings. The summed E-state index contributed by atoms with van der Waals surface area (Å²) >= 11 is 0. The van der Waals surface area contributed by atoms with E-state index in [0.29, 0.717) is 0 Å². The summed E-state index contributed by atoms with van der Waals surface area (Å²) in [7, 11) is 0. The van der Waals surface area contributed by atoms with Crippen LogP contribution in [0.4, 0.5) is 34.1 Å². The molecule has 0 bridgehead atoms. The average molecular weight is 635 g/mol. The third kappa shape index (κ3) is 4.94. The molecule has 0 unspecified atom stereocenters. The van der Waals surface area contributed by atoms with Crippen LogP contribution < -0.4 is 9.80 Å². The fourth-order valence-corrected chi connectivity index (χ4v) is 7.93. The van der Waals surface area contributed by atoms with E-state index < -0.39 is 0 Å². The molecule has 2 nitrogen and oxygen atoms in total. The van der Waals surface area contributed by atoms with Crippen LogP contribution in [-0.2, 0) is 5.41 Å². The van der Waals surface area contributed by atoms with Crippen molar-refractivity contribution in [1.82, 2.24) is 0 Å². The second-order valence-corrected chi connectivity index (χ2v) is 14.0. The van der Waals surface area contributed by atoms with Crippen molar-refractivity contribution in [2.75, 3.05) is 9.80 Å². The Hall–Kier alpha value is -5.60. The van der Waals surface area contributed by atoms with Crippen molar-refractivity contribution >= 4 is 44.9 Å². The van der Waals surface area contributed by atoms with E-state index in [9.17, 15) is 0 Å². The van der Waals surface area contributed by atoms with E-state index in [1.54, 1.807) is 0 Å². The van der Waals surface area contributed by atoms with E-state index in [2.05, 4.69) is 197 Å². The maximum atomic E-state index is 2.48. The molecular weight excluding hydrogens is 593 g/mol. The Morgan fingerprint density at radius 2 is 0.816 bits per heavy atom. The maximum absolute atomic E-state index is 2.48. The molecule has 0 spiro atoms. The van der Waals surface area contributed by atoms with Crippen molar-refractivity contribution in [3.63, 3.8) is 0 Å². The zero-order chi connectivity index (χ0) is 33.9. The Balaban J connectivity index is 1.37. The highest BCUT2D eigenvalue weighted by Crippen LogP contribution is 2.56. The standard InChI is InChI=1S/C47H42N2/c1-31-17-7-13-23-41(31)48(42-24-14-8-18-32(42)2)35-27-28-38-39(29-35)47(5,6)40-30-45(36-21-11-12-22-37(36)46(38)40)49(43-25-15-9-19-33(43)3)44-26-16-10-20-34(44)4/h7-30H,1-6H3. The molecule has 0 fully saturated rings. The molecule has 0 saturated carbocycles. The topological polar surface area (TPSA) is 6.48 Å². The predicted molar refractivity (Wildman–Crippen MR) is 210 cm³/mol.